The molecule has 4 heteroatoms. The number of hydrogen-bond donors (Lipinski definition) is 2. The van der Waals surface area contributed by atoms with Gasteiger partial charge in [-0.3, -0.25) is 0 Å². The zero-order valence-electron chi connectivity index (χ0n) is 11.3. The van der Waals surface area contributed by atoms with Crippen molar-refractivity contribution in [3.05, 3.63) is 71.0 Å². The zero-order valence-corrected chi connectivity index (χ0v) is 11.3. The molecule has 104 valence electrons. The second-order valence-corrected chi connectivity index (χ2v) is 4.59. The first-order chi connectivity index (χ1) is 9.65. The van der Waals surface area contributed by atoms with Crippen molar-refractivity contribution >= 4 is 6.03 Å². The Balaban J connectivity index is 1.82. The predicted molar refractivity (Wildman–Crippen MR) is 76.7 cm³/mol. The summed E-state index contributed by atoms with van der Waals surface area (Å²) in [5.41, 5.74) is 2.76. The molecule has 2 aromatic carbocycles. The fourth-order valence-electron chi connectivity index (χ4n) is 1.85. The first-order valence-corrected chi connectivity index (χ1v) is 6.46. The highest BCUT2D eigenvalue weighted by molar-refractivity contribution is 5.73. The fourth-order valence-corrected chi connectivity index (χ4v) is 1.85. The van der Waals surface area contributed by atoms with Crippen LogP contribution in [-0.4, -0.2) is 6.03 Å². The Hall–Kier alpha value is -2.36. The van der Waals surface area contributed by atoms with E-state index in [-0.39, 0.29) is 11.8 Å². The molecule has 2 amide bonds. The average Bonchev–Trinajstić information content (AvgIpc) is 2.47. The van der Waals surface area contributed by atoms with Crippen molar-refractivity contribution in [2.75, 3.05) is 0 Å². The molecule has 2 rings (SSSR count). The molecule has 0 saturated heterocycles. The lowest BCUT2D eigenvalue weighted by molar-refractivity contribution is 0.240. The Labute approximate surface area is 117 Å². The third kappa shape index (κ3) is 4.09. The van der Waals surface area contributed by atoms with Gasteiger partial charge in [-0.15, -0.1) is 0 Å². The third-order valence-corrected chi connectivity index (χ3v) is 3.05. The molecule has 0 aliphatic rings. The lowest BCUT2D eigenvalue weighted by Gasteiger charge is -2.09. The van der Waals surface area contributed by atoms with Gasteiger partial charge in [0.25, 0.3) is 0 Å². The second-order valence-electron chi connectivity index (χ2n) is 4.59. The van der Waals surface area contributed by atoms with Gasteiger partial charge in [0, 0.05) is 13.1 Å². The molecule has 0 unspecified atom stereocenters. The molecule has 0 aliphatic heterocycles. The molecular weight excluding hydrogens is 255 g/mol. The van der Waals surface area contributed by atoms with E-state index in [0.717, 1.165) is 16.7 Å². The standard InChI is InChI=1S/C16H17FN2O/c1-12-7-8-15(17)9-14(12)11-19-16(20)18-10-13-5-3-2-4-6-13/h2-9H,10-11H2,1H3,(H2,18,19,20). The van der Waals surface area contributed by atoms with E-state index in [4.69, 9.17) is 0 Å². The topological polar surface area (TPSA) is 41.1 Å². The summed E-state index contributed by atoms with van der Waals surface area (Å²) in [6, 6.07) is 13.9. The number of nitrogens with one attached hydrogen (secondary N) is 2. The van der Waals surface area contributed by atoms with Crippen molar-refractivity contribution in [1.29, 1.82) is 0 Å². The minimum absolute atomic E-state index is 0.266. The van der Waals surface area contributed by atoms with Crippen molar-refractivity contribution in [3.63, 3.8) is 0 Å². The van der Waals surface area contributed by atoms with Crippen LogP contribution in [0.5, 0.6) is 0 Å². The number of halogens is 1. The van der Waals surface area contributed by atoms with E-state index in [1.54, 1.807) is 6.07 Å². The normalized spacial score (nSPS) is 10.1. The van der Waals surface area contributed by atoms with E-state index >= 15 is 0 Å². The smallest absolute Gasteiger partial charge is 0.315 e. The molecule has 0 aliphatic carbocycles. The van der Waals surface area contributed by atoms with E-state index in [9.17, 15) is 9.18 Å². The number of urea groups is 1. The van der Waals surface area contributed by atoms with Crippen molar-refractivity contribution in [2.45, 2.75) is 20.0 Å². The van der Waals surface area contributed by atoms with Gasteiger partial charge in [0.05, 0.1) is 0 Å². The summed E-state index contributed by atoms with van der Waals surface area (Å²) in [6.45, 7) is 2.66. The second kappa shape index (κ2) is 6.70. The van der Waals surface area contributed by atoms with Gasteiger partial charge in [0.2, 0.25) is 0 Å². The number of amides is 2. The maximum atomic E-state index is 13.1. The van der Waals surface area contributed by atoms with Crippen LogP contribution in [0, 0.1) is 12.7 Å². The Bertz CT molecular complexity index is 584. The molecule has 0 spiro atoms. The van der Waals surface area contributed by atoms with Crippen LogP contribution in [0.3, 0.4) is 0 Å². The van der Waals surface area contributed by atoms with Gasteiger partial charge in [-0.05, 0) is 35.7 Å². The number of aryl methyl sites for hydroxylation is 1. The third-order valence-electron chi connectivity index (χ3n) is 3.05. The van der Waals surface area contributed by atoms with Crippen LogP contribution in [0.25, 0.3) is 0 Å². The highest BCUT2D eigenvalue weighted by Gasteiger charge is 2.03. The van der Waals surface area contributed by atoms with Gasteiger partial charge < -0.3 is 10.6 Å². The molecule has 20 heavy (non-hydrogen) atoms. The van der Waals surface area contributed by atoms with Crippen LogP contribution in [0.15, 0.2) is 48.5 Å². The Kier molecular flexibility index (Phi) is 4.71. The summed E-state index contributed by atoms with van der Waals surface area (Å²) in [6.07, 6.45) is 0. The predicted octanol–water partition coefficient (Wildman–Crippen LogP) is 3.13. The van der Waals surface area contributed by atoms with Gasteiger partial charge in [0.15, 0.2) is 0 Å². The Morgan fingerprint density at radius 2 is 1.75 bits per heavy atom. The quantitative estimate of drug-likeness (QED) is 0.882. The van der Waals surface area contributed by atoms with E-state index in [0.29, 0.717) is 13.1 Å². The summed E-state index contributed by atoms with van der Waals surface area (Å²) in [5, 5.41) is 5.48. The van der Waals surface area contributed by atoms with Gasteiger partial charge in [-0.25, -0.2) is 9.18 Å². The van der Waals surface area contributed by atoms with Gasteiger partial charge >= 0.3 is 6.03 Å². The van der Waals surface area contributed by atoms with Crippen molar-refractivity contribution < 1.29 is 9.18 Å². The molecule has 0 saturated carbocycles. The summed E-state index contributed by atoms with van der Waals surface area (Å²) in [7, 11) is 0. The lowest BCUT2D eigenvalue weighted by Crippen LogP contribution is -2.34. The van der Waals surface area contributed by atoms with Crippen molar-refractivity contribution in [3.8, 4) is 0 Å². The van der Waals surface area contributed by atoms with Crippen molar-refractivity contribution in [1.82, 2.24) is 10.6 Å². The number of hydrogen-bond acceptors (Lipinski definition) is 1. The monoisotopic (exact) mass is 272 g/mol. The number of carbonyl (C=O) groups is 1. The molecular formula is C16H17FN2O. The highest BCUT2D eigenvalue weighted by Crippen LogP contribution is 2.09. The van der Waals surface area contributed by atoms with Gasteiger partial charge in [-0.2, -0.15) is 0 Å². The maximum absolute atomic E-state index is 13.1. The summed E-state index contributed by atoms with van der Waals surface area (Å²) >= 11 is 0. The van der Waals surface area contributed by atoms with E-state index in [1.807, 2.05) is 37.3 Å². The van der Waals surface area contributed by atoms with E-state index in [2.05, 4.69) is 10.6 Å². The van der Waals surface area contributed by atoms with Crippen LogP contribution in [0.2, 0.25) is 0 Å². The summed E-state index contributed by atoms with van der Waals surface area (Å²) < 4.78 is 13.1. The summed E-state index contributed by atoms with van der Waals surface area (Å²) in [4.78, 5) is 11.7. The highest BCUT2D eigenvalue weighted by atomic mass is 19.1. The van der Waals surface area contributed by atoms with Crippen LogP contribution >= 0.6 is 0 Å². The van der Waals surface area contributed by atoms with Crippen molar-refractivity contribution in [2.24, 2.45) is 0 Å². The minimum atomic E-state index is -0.294. The van der Waals surface area contributed by atoms with Crippen LogP contribution in [-0.2, 0) is 13.1 Å². The molecule has 2 N–H and O–H groups in total. The lowest BCUT2D eigenvalue weighted by atomic mass is 10.1. The molecule has 0 atom stereocenters. The van der Waals surface area contributed by atoms with Crippen LogP contribution in [0.4, 0.5) is 9.18 Å². The number of carbonyl (C=O) groups excluding carboxylic acids is 1. The molecule has 0 aromatic heterocycles. The first kappa shape index (κ1) is 14.1. The number of rotatable bonds is 4. The molecule has 0 bridgehead atoms. The average molecular weight is 272 g/mol. The fraction of sp³-hybridized carbons (Fsp3) is 0.188. The zero-order chi connectivity index (χ0) is 14.4. The summed E-state index contributed by atoms with van der Waals surface area (Å²) in [5.74, 6) is -0.294. The molecule has 0 radical (unpaired) electrons. The first-order valence-electron chi connectivity index (χ1n) is 6.46. The molecule has 2 aromatic rings. The number of benzene rings is 2. The largest absolute Gasteiger partial charge is 0.334 e. The Morgan fingerprint density at radius 3 is 2.50 bits per heavy atom. The SMILES string of the molecule is Cc1ccc(F)cc1CNC(=O)NCc1ccccc1. The Morgan fingerprint density at radius 1 is 1.05 bits per heavy atom. The van der Waals surface area contributed by atoms with Crippen LogP contribution in [0.1, 0.15) is 16.7 Å². The van der Waals surface area contributed by atoms with Gasteiger partial charge in [0.1, 0.15) is 5.82 Å². The maximum Gasteiger partial charge on any atom is 0.315 e. The molecule has 0 fully saturated rings. The molecule has 3 nitrogen and oxygen atoms in total. The van der Waals surface area contributed by atoms with Crippen LogP contribution < -0.4 is 10.6 Å². The van der Waals surface area contributed by atoms with E-state index in [1.165, 1.54) is 12.1 Å². The minimum Gasteiger partial charge on any atom is -0.334 e. The molecule has 0 heterocycles. The van der Waals surface area contributed by atoms with E-state index < -0.39 is 0 Å². The van der Waals surface area contributed by atoms with Gasteiger partial charge in [-0.1, -0.05) is 36.4 Å².